The summed E-state index contributed by atoms with van der Waals surface area (Å²) < 4.78 is 18.1. The van der Waals surface area contributed by atoms with E-state index in [2.05, 4.69) is 53.9 Å². The molecule has 2 aromatic rings. The van der Waals surface area contributed by atoms with Crippen molar-refractivity contribution in [2.45, 2.75) is 0 Å². The molecule has 1 aromatic heterocycles. The quantitative estimate of drug-likeness (QED) is 0.363. The Kier molecular flexibility index (Phi) is 6.54. The Hall–Kier alpha value is -1.59. The van der Waals surface area contributed by atoms with Crippen LogP contribution in [0.25, 0.3) is 0 Å². The lowest BCUT2D eigenvalue weighted by atomic mass is 10.2. The van der Waals surface area contributed by atoms with Crippen LogP contribution in [0.5, 0.6) is 5.75 Å². The van der Waals surface area contributed by atoms with Crippen LogP contribution in [-0.2, 0) is 4.74 Å². The molecule has 1 saturated heterocycles. The second-order valence-electron chi connectivity index (χ2n) is 5.45. The molecule has 7 nitrogen and oxygen atoms in total. The molecule has 1 N–H and O–H groups in total. The molecule has 1 aliphatic heterocycles. The van der Waals surface area contributed by atoms with Crippen LogP contribution in [-0.4, -0.2) is 45.5 Å². The van der Waals surface area contributed by atoms with Gasteiger partial charge in [-0.1, -0.05) is 0 Å². The summed E-state index contributed by atoms with van der Waals surface area (Å²) in [7, 11) is 1.57. The van der Waals surface area contributed by atoms with Crippen molar-refractivity contribution in [1.82, 2.24) is 5.43 Å². The lowest BCUT2D eigenvalue weighted by Gasteiger charge is -2.26. The van der Waals surface area contributed by atoms with Gasteiger partial charge in [-0.05, 0) is 56.7 Å². The summed E-state index contributed by atoms with van der Waals surface area (Å²) in [6.45, 7) is 2.89. The van der Waals surface area contributed by atoms with Gasteiger partial charge in [-0.2, -0.15) is 5.10 Å². The average molecular weight is 534 g/mol. The van der Waals surface area contributed by atoms with Gasteiger partial charge in [0.15, 0.2) is 5.76 Å². The van der Waals surface area contributed by atoms with Crippen molar-refractivity contribution >= 4 is 56.5 Å². The molecule has 1 aromatic carbocycles. The van der Waals surface area contributed by atoms with Crippen LogP contribution >= 0.6 is 38.5 Å². The number of nitrogens with one attached hydrogen (secondary N) is 1. The van der Waals surface area contributed by atoms with E-state index in [-0.39, 0.29) is 5.91 Å². The molecule has 0 bridgehead atoms. The van der Waals surface area contributed by atoms with Crippen molar-refractivity contribution in [2.24, 2.45) is 5.10 Å². The number of benzene rings is 1. The number of rotatable bonds is 5. The Morgan fingerprint density at radius 3 is 2.88 bits per heavy atom. The zero-order valence-corrected chi connectivity index (χ0v) is 17.7. The maximum Gasteiger partial charge on any atom is 0.271 e. The third-order valence-corrected chi connectivity index (χ3v) is 5.22. The van der Waals surface area contributed by atoms with Gasteiger partial charge in [-0.25, -0.2) is 5.43 Å². The standard InChI is InChI=1S/C17H17BrIN3O4/c1-24-15-8-11(2-3-14(15)19)16(23)21-20-10-12-9-13(18)17(26-12)22-4-6-25-7-5-22/h2-3,8-10H,4-7H2,1H3,(H,21,23)/b20-10+. The van der Waals surface area contributed by atoms with E-state index in [9.17, 15) is 4.79 Å². The SMILES string of the molecule is COc1cc(C(=O)N/N=C/c2cc(Br)c(N3CCOCC3)o2)ccc1I. The zero-order valence-electron chi connectivity index (χ0n) is 14.0. The summed E-state index contributed by atoms with van der Waals surface area (Å²) in [5.41, 5.74) is 2.96. The highest BCUT2D eigenvalue weighted by atomic mass is 127. The molecule has 3 rings (SSSR count). The Labute approximate surface area is 173 Å². The van der Waals surface area contributed by atoms with Crippen LogP contribution in [0.4, 0.5) is 5.88 Å². The molecular weight excluding hydrogens is 517 g/mol. The molecule has 0 unspecified atom stereocenters. The first-order valence-electron chi connectivity index (χ1n) is 7.87. The number of carbonyl (C=O) groups is 1. The molecule has 0 saturated carbocycles. The summed E-state index contributed by atoms with van der Waals surface area (Å²) in [6, 6.07) is 7.02. The van der Waals surface area contributed by atoms with Gasteiger partial charge < -0.3 is 18.8 Å². The fourth-order valence-electron chi connectivity index (χ4n) is 2.44. The molecule has 2 heterocycles. The van der Waals surface area contributed by atoms with Gasteiger partial charge >= 0.3 is 0 Å². The van der Waals surface area contributed by atoms with Crippen molar-refractivity contribution in [1.29, 1.82) is 0 Å². The Balaban J connectivity index is 1.64. The van der Waals surface area contributed by atoms with Crippen LogP contribution < -0.4 is 15.1 Å². The molecule has 0 aliphatic carbocycles. The van der Waals surface area contributed by atoms with Gasteiger partial charge in [0.25, 0.3) is 5.91 Å². The van der Waals surface area contributed by atoms with E-state index in [4.69, 9.17) is 13.9 Å². The minimum atomic E-state index is -0.324. The first kappa shape index (κ1) is 19.2. The van der Waals surface area contributed by atoms with E-state index in [0.29, 0.717) is 30.3 Å². The van der Waals surface area contributed by atoms with Crippen LogP contribution in [0.1, 0.15) is 16.1 Å². The van der Waals surface area contributed by atoms with Gasteiger partial charge in [0.05, 0.1) is 34.6 Å². The largest absolute Gasteiger partial charge is 0.496 e. The number of methoxy groups -OCH3 is 1. The summed E-state index contributed by atoms with van der Waals surface area (Å²) in [4.78, 5) is 14.3. The number of hydrazone groups is 1. The van der Waals surface area contributed by atoms with Crippen molar-refractivity contribution in [3.05, 3.63) is 43.6 Å². The van der Waals surface area contributed by atoms with Crippen molar-refractivity contribution < 1.29 is 18.7 Å². The molecule has 0 radical (unpaired) electrons. The number of amides is 1. The topological polar surface area (TPSA) is 76.3 Å². The van der Waals surface area contributed by atoms with E-state index in [1.54, 1.807) is 19.2 Å². The van der Waals surface area contributed by atoms with Gasteiger partial charge in [-0.15, -0.1) is 0 Å². The Morgan fingerprint density at radius 2 is 2.15 bits per heavy atom. The first-order chi connectivity index (χ1) is 12.6. The highest BCUT2D eigenvalue weighted by molar-refractivity contribution is 14.1. The molecule has 26 heavy (non-hydrogen) atoms. The number of hydrogen-bond acceptors (Lipinski definition) is 6. The number of morpholine rings is 1. The van der Waals surface area contributed by atoms with Gasteiger partial charge in [0.1, 0.15) is 5.75 Å². The lowest BCUT2D eigenvalue weighted by Crippen LogP contribution is -2.36. The van der Waals surface area contributed by atoms with Crippen LogP contribution in [0.3, 0.4) is 0 Å². The van der Waals surface area contributed by atoms with Gasteiger partial charge in [-0.3, -0.25) is 4.79 Å². The lowest BCUT2D eigenvalue weighted by molar-refractivity contribution is 0.0954. The third-order valence-electron chi connectivity index (χ3n) is 3.76. The number of ether oxygens (including phenoxy) is 2. The number of halogens is 2. The normalized spacial score (nSPS) is 14.7. The van der Waals surface area contributed by atoms with Gasteiger partial charge in [0, 0.05) is 24.7 Å². The van der Waals surface area contributed by atoms with E-state index in [1.165, 1.54) is 6.21 Å². The molecule has 1 fully saturated rings. The molecule has 0 spiro atoms. The molecule has 1 aliphatic rings. The van der Waals surface area contributed by atoms with Crippen molar-refractivity contribution in [3.63, 3.8) is 0 Å². The first-order valence-corrected chi connectivity index (χ1v) is 9.74. The number of furan rings is 1. The van der Waals surface area contributed by atoms with Crippen LogP contribution in [0.15, 0.2) is 38.3 Å². The molecular formula is C17H17BrIN3O4. The fraction of sp³-hybridized carbons (Fsp3) is 0.294. The average Bonchev–Trinajstić information content (AvgIpc) is 3.03. The van der Waals surface area contributed by atoms with Crippen LogP contribution in [0, 0.1) is 3.57 Å². The number of anilines is 1. The third kappa shape index (κ3) is 4.57. The number of nitrogens with zero attached hydrogens (tertiary/aromatic N) is 2. The summed E-state index contributed by atoms with van der Waals surface area (Å²) >= 11 is 5.64. The molecule has 138 valence electrons. The monoisotopic (exact) mass is 533 g/mol. The molecule has 1 amide bonds. The second-order valence-corrected chi connectivity index (χ2v) is 7.47. The summed E-state index contributed by atoms with van der Waals surface area (Å²) in [5.74, 6) is 1.60. The highest BCUT2D eigenvalue weighted by Gasteiger charge is 2.18. The van der Waals surface area contributed by atoms with E-state index in [1.807, 2.05) is 12.1 Å². The maximum atomic E-state index is 12.2. The predicted molar refractivity (Wildman–Crippen MR) is 110 cm³/mol. The zero-order chi connectivity index (χ0) is 18.5. The number of carbonyl (C=O) groups excluding carboxylic acids is 1. The number of hydrogen-bond donors (Lipinski definition) is 1. The smallest absolute Gasteiger partial charge is 0.271 e. The van der Waals surface area contributed by atoms with E-state index >= 15 is 0 Å². The fourth-order valence-corrected chi connectivity index (χ4v) is 3.56. The second kappa shape index (κ2) is 8.87. The Morgan fingerprint density at radius 1 is 1.38 bits per heavy atom. The highest BCUT2D eigenvalue weighted by Crippen LogP contribution is 2.30. The van der Waals surface area contributed by atoms with E-state index in [0.717, 1.165) is 27.0 Å². The van der Waals surface area contributed by atoms with Crippen molar-refractivity contribution in [3.8, 4) is 5.75 Å². The molecule has 0 atom stereocenters. The molecule has 9 heteroatoms. The predicted octanol–water partition coefficient (Wildman–Crippen LogP) is 3.26. The maximum absolute atomic E-state index is 12.2. The summed E-state index contributed by atoms with van der Waals surface area (Å²) in [5, 5.41) is 3.97. The minimum absolute atomic E-state index is 0.324. The van der Waals surface area contributed by atoms with Gasteiger partial charge in [0.2, 0.25) is 5.88 Å². The summed E-state index contributed by atoms with van der Waals surface area (Å²) in [6.07, 6.45) is 1.47. The minimum Gasteiger partial charge on any atom is -0.496 e. The van der Waals surface area contributed by atoms with E-state index < -0.39 is 0 Å². The van der Waals surface area contributed by atoms with Crippen LogP contribution in [0.2, 0.25) is 0 Å². The Bertz CT molecular complexity index is 818. The van der Waals surface area contributed by atoms with Crippen molar-refractivity contribution in [2.75, 3.05) is 38.3 Å².